The molecule has 0 saturated heterocycles. The SMILES string of the molecule is O=C(OCc1nc(-c2cccnc2)no1)c1c2c(nc3ccccc13)C(=Cc1ccc(O)cc1)CC2. The number of aromatic hydroxyl groups is 1. The number of hydrogen-bond acceptors (Lipinski definition) is 8. The molecule has 2 aromatic carbocycles. The fourth-order valence-corrected chi connectivity index (χ4v) is 4.41. The first-order chi connectivity index (χ1) is 17.7. The molecule has 3 heterocycles. The largest absolute Gasteiger partial charge is 0.508 e. The van der Waals surface area contributed by atoms with Crippen molar-refractivity contribution in [3.05, 3.63) is 101 Å². The summed E-state index contributed by atoms with van der Waals surface area (Å²) in [7, 11) is 0. The highest BCUT2D eigenvalue weighted by Crippen LogP contribution is 2.38. The highest BCUT2D eigenvalue weighted by atomic mass is 16.6. The minimum absolute atomic E-state index is 0.145. The van der Waals surface area contributed by atoms with Crippen molar-refractivity contribution in [3.63, 3.8) is 0 Å². The average Bonchev–Trinajstić information content (AvgIpc) is 3.55. The molecule has 1 N–H and O–H groups in total. The van der Waals surface area contributed by atoms with Gasteiger partial charge in [-0.3, -0.25) is 4.98 Å². The summed E-state index contributed by atoms with van der Waals surface area (Å²) in [6.45, 7) is -0.145. The van der Waals surface area contributed by atoms with Crippen molar-refractivity contribution in [2.45, 2.75) is 19.4 Å². The van der Waals surface area contributed by atoms with E-state index in [0.29, 0.717) is 23.4 Å². The lowest BCUT2D eigenvalue weighted by atomic mass is 10.0. The minimum Gasteiger partial charge on any atom is -0.508 e. The average molecular weight is 476 g/mol. The van der Waals surface area contributed by atoms with E-state index in [-0.39, 0.29) is 18.2 Å². The van der Waals surface area contributed by atoms with Gasteiger partial charge in [-0.15, -0.1) is 0 Å². The van der Waals surface area contributed by atoms with Crippen LogP contribution in [0.25, 0.3) is 33.9 Å². The quantitative estimate of drug-likeness (QED) is 0.343. The summed E-state index contributed by atoms with van der Waals surface area (Å²) in [5.41, 5.74) is 5.60. The molecule has 0 aliphatic heterocycles. The molecular formula is C28H20N4O4. The Bertz CT molecular complexity index is 1610. The number of phenolic OH excluding ortho intramolecular Hbond substituents is 1. The first-order valence-electron chi connectivity index (χ1n) is 11.5. The standard InChI is InChI=1S/C28H20N4O4/c33-20-10-7-17(8-11-20)14-18-9-12-22-25(21-5-1-2-6-23(21)30-26(18)22)28(34)35-16-24-31-27(32-36-24)19-4-3-13-29-15-19/h1-8,10-11,13-15,33H,9,12,16H2. The van der Waals surface area contributed by atoms with E-state index in [1.807, 2.05) is 48.5 Å². The molecule has 6 rings (SSSR count). The lowest BCUT2D eigenvalue weighted by molar-refractivity contribution is 0.0431. The van der Waals surface area contributed by atoms with E-state index in [1.54, 1.807) is 30.6 Å². The van der Waals surface area contributed by atoms with E-state index >= 15 is 0 Å². The van der Waals surface area contributed by atoms with E-state index in [0.717, 1.165) is 39.7 Å². The van der Waals surface area contributed by atoms with Crippen molar-refractivity contribution < 1.29 is 19.2 Å². The van der Waals surface area contributed by atoms with Crippen LogP contribution < -0.4 is 0 Å². The molecular weight excluding hydrogens is 456 g/mol. The molecule has 0 bridgehead atoms. The molecule has 8 nitrogen and oxygen atoms in total. The first-order valence-corrected chi connectivity index (χ1v) is 11.5. The number of pyridine rings is 2. The van der Waals surface area contributed by atoms with Gasteiger partial charge in [0.1, 0.15) is 5.75 Å². The molecule has 0 unspecified atom stereocenters. The van der Waals surface area contributed by atoms with Crippen molar-refractivity contribution in [2.24, 2.45) is 0 Å². The predicted molar refractivity (Wildman–Crippen MR) is 133 cm³/mol. The second-order valence-corrected chi connectivity index (χ2v) is 8.42. The maximum absolute atomic E-state index is 13.4. The zero-order valence-corrected chi connectivity index (χ0v) is 19.1. The van der Waals surface area contributed by atoms with Gasteiger partial charge in [-0.2, -0.15) is 4.98 Å². The van der Waals surface area contributed by atoms with E-state index in [9.17, 15) is 9.90 Å². The Morgan fingerprint density at radius 3 is 2.72 bits per heavy atom. The summed E-state index contributed by atoms with van der Waals surface area (Å²) < 4.78 is 10.9. The number of aromatic nitrogens is 4. The number of allylic oxidation sites excluding steroid dienone is 1. The lowest BCUT2D eigenvalue weighted by Crippen LogP contribution is -2.10. The third-order valence-corrected chi connectivity index (χ3v) is 6.09. The van der Waals surface area contributed by atoms with Gasteiger partial charge in [0, 0.05) is 23.3 Å². The summed E-state index contributed by atoms with van der Waals surface area (Å²) in [5.74, 6) is 0.335. The molecule has 0 saturated carbocycles. The van der Waals surface area contributed by atoms with Crippen molar-refractivity contribution in [3.8, 4) is 17.1 Å². The zero-order valence-electron chi connectivity index (χ0n) is 19.1. The number of benzene rings is 2. The molecule has 36 heavy (non-hydrogen) atoms. The molecule has 0 radical (unpaired) electrons. The smallest absolute Gasteiger partial charge is 0.339 e. The fraction of sp³-hybridized carbons (Fsp3) is 0.107. The molecule has 0 amide bonds. The number of hydrogen-bond donors (Lipinski definition) is 1. The van der Waals surface area contributed by atoms with Crippen molar-refractivity contribution in [1.82, 2.24) is 20.1 Å². The number of carbonyl (C=O) groups is 1. The van der Waals surface area contributed by atoms with Crippen molar-refractivity contribution >= 4 is 28.5 Å². The molecule has 0 atom stereocenters. The molecule has 3 aromatic heterocycles. The van der Waals surface area contributed by atoms with Crippen LogP contribution in [0.3, 0.4) is 0 Å². The van der Waals surface area contributed by atoms with Gasteiger partial charge < -0.3 is 14.4 Å². The van der Waals surface area contributed by atoms with Gasteiger partial charge in [-0.05, 0) is 65.9 Å². The molecule has 8 heteroatoms. The Morgan fingerprint density at radius 2 is 1.89 bits per heavy atom. The van der Waals surface area contributed by atoms with Gasteiger partial charge in [-0.25, -0.2) is 9.78 Å². The number of carbonyl (C=O) groups excluding carboxylic acids is 1. The third kappa shape index (κ3) is 4.09. The van der Waals surface area contributed by atoms with E-state index in [2.05, 4.69) is 15.1 Å². The zero-order chi connectivity index (χ0) is 24.5. The molecule has 176 valence electrons. The van der Waals surface area contributed by atoms with Gasteiger partial charge in [-0.1, -0.05) is 35.5 Å². The molecule has 0 fully saturated rings. The first kappa shape index (κ1) is 21.7. The number of rotatable bonds is 5. The van der Waals surface area contributed by atoms with Crippen LogP contribution in [0.4, 0.5) is 0 Å². The van der Waals surface area contributed by atoms with E-state index < -0.39 is 5.97 Å². The number of nitrogens with zero attached hydrogens (tertiary/aromatic N) is 4. The molecule has 1 aliphatic carbocycles. The summed E-state index contributed by atoms with van der Waals surface area (Å²) in [4.78, 5) is 26.6. The highest BCUT2D eigenvalue weighted by Gasteiger charge is 2.28. The number of fused-ring (bicyclic) bond motifs is 2. The Balaban J connectivity index is 1.31. The number of phenols is 1. The summed E-state index contributed by atoms with van der Waals surface area (Å²) in [6, 6.07) is 18.2. The van der Waals surface area contributed by atoms with Crippen LogP contribution in [0.1, 0.15) is 39.5 Å². The van der Waals surface area contributed by atoms with E-state index in [1.165, 1.54) is 0 Å². The second-order valence-electron chi connectivity index (χ2n) is 8.42. The normalized spacial score (nSPS) is 13.7. The highest BCUT2D eigenvalue weighted by molar-refractivity contribution is 6.07. The van der Waals surface area contributed by atoms with Gasteiger partial charge in [0.25, 0.3) is 5.89 Å². The van der Waals surface area contributed by atoms with Crippen LogP contribution in [0.5, 0.6) is 5.75 Å². The van der Waals surface area contributed by atoms with Crippen LogP contribution in [-0.2, 0) is 17.8 Å². The summed E-state index contributed by atoms with van der Waals surface area (Å²) in [5, 5.41) is 14.3. The van der Waals surface area contributed by atoms with Gasteiger partial charge in [0.15, 0.2) is 6.61 Å². The third-order valence-electron chi connectivity index (χ3n) is 6.09. The van der Waals surface area contributed by atoms with Crippen molar-refractivity contribution in [2.75, 3.05) is 0 Å². The van der Waals surface area contributed by atoms with Crippen LogP contribution in [0.15, 0.2) is 77.6 Å². The maximum Gasteiger partial charge on any atom is 0.339 e. The van der Waals surface area contributed by atoms with Crippen LogP contribution >= 0.6 is 0 Å². The molecule has 0 spiro atoms. The minimum atomic E-state index is -0.461. The Labute approximate surface area is 205 Å². The van der Waals surface area contributed by atoms with Crippen LogP contribution in [0.2, 0.25) is 0 Å². The second kappa shape index (κ2) is 9.07. The van der Waals surface area contributed by atoms with E-state index in [4.69, 9.17) is 14.2 Å². The number of para-hydroxylation sites is 1. The number of esters is 1. The Hall–Kier alpha value is -4.85. The maximum atomic E-state index is 13.4. The Morgan fingerprint density at radius 1 is 1.03 bits per heavy atom. The topological polar surface area (TPSA) is 111 Å². The van der Waals surface area contributed by atoms with Gasteiger partial charge >= 0.3 is 5.97 Å². The lowest BCUT2D eigenvalue weighted by Gasteiger charge is -2.11. The van der Waals surface area contributed by atoms with Crippen molar-refractivity contribution in [1.29, 1.82) is 0 Å². The monoisotopic (exact) mass is 476 g/mol. The Kier molecular flexibility index (Phi) is 5.46. The summed E-state index contributed by atoms with van der Waals surface area (Å²) >= 11 is 0. The van der Waals surface area contributed by atoms with Gasteiger partial charge in [0.05, 0.1) is 16.8 Å². The number of ether oxygens (including phenoxy) is 1. The fourth-order valence-electron chi connectivity index (χ4n) is 4.41. The predicted octanol–water partition coefficient (Wildman–Crippen LogP) is 5.23. The van der Waals surface area contributed by atoms with Crippen LogP contribution in [-0.4, -0.2) is 31.2 Å². The molecule has 5 aromatic rings. The van der Waals surface area contributed by atoms with Gasteiger partial charge in [0.2, 0.25) is 5.82 Å². The molecule has 1 aliphatic rings. The van der Waals surface area contributed by atoms with Crippen LogP contribution in [0, 0.1) is 0 Å². The summed E-state index contributed by atoms with van der Waals surface area (Å²) in [6.07, 6.45) is 6.76.